The largest absolute Gasteiger partial charge is 0.463 e. The summed E-state index contributed by atoms with van der Waals surface area (Å²) in [6.07, 6.45) is 3.20. The molecular formula is C15H15N3O3. The van der Waals surface area contributed by atoms with Crippen LogP contribution in [0.3, 0.4) is 0 Å². The number of esters is 1. The van der Waals surface area contributed by atoms with Gasteiger partial charge in [0.1, 0.15) is 17.4 Å². The summed E-state index contributed by atoms with van der Waals surface area (Å²) < 4.78 is 10.4. The van der Waals surface area contributed by atoms with Crippen molar-refractivity contribution in [1.82, 2.24) is 4.98 Å². The second-order valence-corrected chi connectivity index (χ2v) is 4.40. The van der Waals surface area contributed by atoms with Crippen LogP contribution in [0.15, 0.2) is 47.3 Å². The molecule has 0 saturated heterocycles. The van der Waals surface area contributed by atoms with Crippen molar-refractivity contribution in [2.45, 2.75) is 19.8 Å². The summed E-state index contributed by atoms with van der Waals surface area (Å²) in [7, 11) is 0. The number of nitrogens with two attached hydrogens (primary N) is 1. The molecule has 0 unspecified atom stereocenters. The van der Waals surface area contributed by atoms with E-state index in [4.69, 9.17) is 15.2 Å². The lowest BCUT2D eigenvalue weighted by atomic mass is 9.84. The van der Waals surface area contributed by atoms with Crippen molar-refractivity contribution in [2.24, 2.45) is 5.73 Å². The molecule has 0 amide bonds. The molecule has 1 aromatic rings. The number of hydrogen-bond acceptors (Lipinski definition) is 6. The van der Waals surface area contributed by atoms with Gasteiger partial charge in [-0.1, -0.05) is 6.07 Å². The molecule has 0 aliphatic carbocycles. The molecular weight excluding hydrogens is 270 g/mol. The number of nitriles is 1. The zero-order valence-corrected chi connectivity index (χ0v) is 11.8. The van der Waals surface area contributed by atoms with Gasteiger partial charge < -0.3 is 15.2 Å². The quantitative estimate of drug-likeness (QED) is 0.849. The molecule has 0 spiro atoms. The molecule has 0 radical (unpaired) electrons. The summed E-state index contributed by atoms with van der Waals surface area (Å²) in [6.45, 7) is 3.57. The van der Waals surface area contributed by atoms with Crippen molar-refractivity contribution >= 4 is 5.97 Å². The molecule has 0 aromatic carbocycles. The zero-order chi connectivity index (χ0) is 15.4. The highest BCUT2D eigenvalue weighted by Gasteiger charge is 2.36. The molecule has 0 saturated carbocycles. The number of carbonyl (C=O) groups excluding carboxylic acids is 1. The number of aromatic nitrogens is 1. The predicted octanol–water partition coefficient (Wildman–Crippen LogP) is 1.73. The number of allylic oxidation sites excluding steroid dienone is 2. The Hall–Kier alpha value is -2.81. The van der Waals surface area contributed by atoms with Crippen LogP contribution < -0.4 is 5.73 Å². The molecule has 6 heteroatoms. The first-order chi connectivity index (χ1) is 10.1. The second kappa shape index (κ2) is 6.09. The van der Waals surface area contributed by atoms with Gasteiger partial charge >= 0.3 is 5.97 Å². The topological polar surface area (TPSA) is 98.2 Å². The molecule has 2 heterocycles. The average molecular weight is 285 g/mol. The van der Waals surface area contributed by atoms with E-state index in [1.807, 2.05) is 6.07 Å². The fourth-order valence-electron chi connectivity index (χ4n) is 2.23. The van der Waals surface area contributed by atoms with Gasteiger partial charge in [-0.3, -0.25) is 4.98 Å². The van der Waals surface area contributed by atoms with Gasteiger partial charge in [-0.15, -0.1) is 0 Å². The average Bonchev–Trinajstić information content (AvgIpc) is 2.47. The molecule has 2 rings (SSSR count). The first-order valence-electron chi connectivity index (χ1n) is 6.45. The highest BCUT2D eigenvalue weighted by Crippen LogP contribution is 2.39. The lowest BCUT2D eigenvalue weighted by molar-refractivity contribution is -0.139. The third kappa shape index (κ3) is 2.72. The number of nitrogens with zero attached hydrogens (tertiary/aromatic N) is 2. The lowest BCUT2D eigenvalue weighted by Gasteiger charge is -2.26. The van der Waals surface area contributed by atoms with E-state index in [2.05, 4.69) is 4.98 Å². The Labute approximate surface area is 122 Å². The van der Waals surface area contributed by atoms with Crippen molar-refractivity contribution in [2.75, 3.05) is 6.61 Å². The van der Waals surface area contributed by atoms with E-state index in [0.717, 1.165) is 0 Å². The van der Waals surface area contributed by atoms with Gasteiger partial charge in [-0.2, -0.15) is 5.26 Å². The van der Waals surface area contributed by atoms with Gasteiger partial charge in [-0.25, -0.2) is 4.79 Å². The van der Waals surface area contributed by atoms with Crippen LogP contribution in [0.4, 0.5) is 0 Å². The van der Waals surface area contributed by atoms with Crippen LogP contribution in [-0.4, -0.2) is 17.6 Å². The van der Waals surface area contributed by atoms with Gasteiger partial charge in [0.2, 0.25) is 5.88 Å². The maximum Gasteiger partial charge on any atom is 0.338 e. The maximum atomic E-state index is 12.2. The first-order valence-corrected chi connectivity index (χ1v) is 6.45. The van der Waals surface area contributed by atoms with Gasteiger partial charge in [0.15, 0.2) is 0 Å². The summed E-state index contributed by atoms with van der Waals surface area (Å²) in [4.78, 5) is 16.2. The van der Waals surface area contributed by atoms with E-state index in [1.54, 1.807) is 38.4 Å². The predicted molar refractivity (Wildman–Crippen MR) is 74.2 cm³/mol. The third-order valence-corrected chi connectivity index (χ3v) is 3.12. The number of pyridine rings is 1. The summed E-state index contributed by atoms with van der Waals surface area (Å²) in [5, 5.41) is 9.35. The Morgan fingerprint density at radius 3 is 2.95 bits per heavy atom. The minimum absolute atomic E-state index is 0.00287. The van der Waals surface area contributed by atoms with E-state index < -0.39 is 11.9 Å². The van der Waals surface area contributed by atoms with Crippen LogP contribution >= 0.6 is 0 Å². The molecule has 1 aromatic heterocycles. The van der Waals surface area contributed by atoms with Crippen molar-refractivity contribution < 1.29 is 14.3 Å². The van der Waals surface area contributed by atoms with E-state index >= 15 is 0 Å². The van der Waals surface area contributed by atoms with E-state index in [9.17, 15) is 10.1 Å². The summed E-state index contributed by atoms with van der Waals surface area (Å²) in [5.74, 6) is -0.823. The van der Waals surface area contributed by atoms with Gasteiger partial charge in [0.25, 0.3) is 0 Å². The molecule has 1 atom stereocenters. The van der Waals surface area contributed by atoms with Gasteiger partial charge in [-0.05, 0) is 25.5 Å². The molecule has 1 aliphatic heterocycles. The smallest absolute Gasteiger partial charge is 0.338 e. The highest BCUT2D eigenvalue weighted by molar-refractivity contribution is 5.92. The summed E-state index contributed by atoms with van der Waals surface area (Å²) in [6, 6.07) is 5.52. The molecule has 108 valence electrons. The Morgan fingerprint density at radius 2 is 2.38 bits per heavy atom. The Kier molecular flexibility index (Phi) is 4.24. The van der Waals surface area contributed by atoms with Crippen LogP contribution in [0.2, 0.25) is 0 Å². The number of rotatable bonds is 3. The van der Waals surface area contributed by atoms with Gasteiger partial charge in [0, 0.05) is 12.4 Å². The van der Waals surface area contributed by atoms with Crippen molar-refractivity contribution in [1.29, 1.82) is 5.26 Å². The molecule has 1 aliphatic rings. The third-order valence-electron chi connectivity index (χ3n) is 3.12. The van der Waals surface area contributed by atoms with E-state index in [-0.39, 0.29) is 23.6 Å². The lowest BCUT2D eigenvalue weighted by Crippen LogP contribution is -2.25. The molecule has 0 bridgehead atoms. The fraction of sp³-hybridized carbons (Fsp3) is 0.267. The molecule has 0 fully saturated rings. The van der Waals surface area contributed by atoms with E-state index in [1.165, 1.54) is 0 Å². The Bertz CT molecular complexity index is 656. The minimum Gasteiger partial charge on any atom is -0.463 e. The zero-order valence-electron chi connectivity index (χ0n) is 11.8. The summed E-state index contributed by atoms with van der Waals surface area (Å²) >= 11 is 0. The van der Waals surface area contributed by atoms with Crippen LogP contribution in [0, 0.1) is 11.3 Å². The summed E-state index contributed by atoms with van der Waals surface area (Å²) in [5.41, 5.74) is 6.91. The number of carbonyl (C=O) groups is 1. The standard InChI is InChI=1S/C15H15N3O3/c1-3-20-15(19)12-9(2)21-14(17)11(7-16)13(12)10-5-4-6-18-8-10/h4-6,8,13H,3,17H2,1-2H3/t13-/m0/s1. The van der Waals surface area contributed by atoms with E-state index in [0.29, 0.717) is 11.3 Å². The van der Waals surface area contributed by atoms with Crippen molar-refractivity contribution in [3.8, 4) is 6.07 Å². The van der Waals surface area contributed by atoms with Crippen LogP contribution in [0.25, 0.3) is 0 Å². The highest BCUT2D eigenvalue weighted by atomic mass is 16.5. The Morgan fingerprint density at radius 1 is 1.62 bits per heavy atom. The van der Waals surface area contributed by atoms with Crippen LogP contribution in [0.1, 0.15) is 25.3 Å². The normalized spacial score (nSPS) is 18.0. The minimum atomic E-state index is -0.628. The number of ether oxygens (including phenoxy) is 2. The number of hydrogen-bond donors (Lipinski definition) is 1. The molecule has 6 nitrogen and oxygen atoms in total. The van der Waals surface area contributed by atoms with Crippen molar-refractivity contribution in [3.05, 3.63) is 52.9 Å². The van der Waals surface area contributed by atoms with Crippen LogP contribution in [-0.2, 0) is 14.3 Å². The monoisotopic (exact) mass is 285 g/mol. The second-order valence-electron chi connectivity index (χ2n) is 4.40. The van der Waals surface area contributed by atoms with Crippen LogP contribution in [0.5, 0.6) is 0 Å². The molecule has 2 N–H and O–H groups in total. The fourth-order valence-corrected chi connectivity index (χ4v) is 2.23. The van der Waals surface area contributed by atoms with Gasteiger partial charge in [0.05, 0.1) is 18.1 Å². The van der Waals surface area contributed by atoms with Crippen molar-refractivity contribution in [3.63, 3.8) is 0 Å². The SMILES string of the molecule is CCOC(=O)C1=C(C)OC(N)=C(C#N)[C@@H]1c1cccnc1. The Balaban J connectivity index is 2.58. The first kappa shape index (κ1) is 14.6. The molecule has 21 heavy (non-hydrogen) atoms. The maximum absolute atomic E-state index is 12.2.